The fraction of sp³-hybridized carbons (Fsp3) is 0.273. The number of amides is 3. The molecule has 8 nitrogen and oxygen atoms in total. The van der Waals surface area contributed by atoms with Crippen molar-refractivity contribution in [3.05, 3.63) is 59.7 Å². The van der Waals surface area contributed by atoms with Crippen LogP contribution in [0, 0.1) is 12.8 Å². The lowest BCUT2D eigenvalue weighted by Gasteiger charge is -2.08. The molecule has 0 spiro atoms. The zero-order valence-corrected chi connectivity index (χ0v) is 17.3. The summed E-state index contributed by atoms with van der Waals surface area (Å²) in [5.74, 6) is -1.15. The Labute approximate surface area is 175 Å². The second-order valence-electron chi connectivity index (χ2n) is 7.08. The minimum Gasteiger partial charge on any atom is -0.484 e. The molecule has 0 heterocycles. The molecule has 0 saturated carbocycles. The zero-order chi connectivity index (χ0) is 21.9. The van der Waals surface area contributed by atoms with E-state index in [1.807, 2.05) is 45.0 Å². The zero-order valence-electron chi connectivity index (χ0n) is 17.3. The van der Waals surface area contributed by atoms with Crippen molar-refractivity contribution in [3.63, 3.8) is 0 Å². The number of ether oxygens (including phenoxy) is 1. The third kappa shape index (κ3) is 8.14. The van der Waals surface area contributed by atoms with Gasteiger partial charge in [-0.2, -0.15) is 5.10 Å². The molecule has 30 heavy (non-hydrogen) atoms. The van der Waals surface area contributed by atoms with E-state index >= 15 is 0 Å². The average molecular weight is 410 g/mol. The normalized spacial score (nSPS) is 10.7. The van der Waals surface area contributed by atoms with Crippen molar-refractivity contribution in [3.8, 4) is 5.75 Å². The molecule has 0 aliphatic heterocycles. The van der Waals surface area contributed by atoms with E-state index in [-0.39, 0.29) is 18.4 Å². The van der Waals surface area contributed by atoms with Gasteiger partial charge in [0.1, 0.15) is 5.75 Å². The van der Waals surface area contributed by atoms with Crippen LogP contribution in [-0.2, 0) is 14.4 Å². The summed E-state index contributed by atoms with van der Waals surface area (Å²) >= 11 is 0. The highest BCUT2D eigenvalue weighted by atomic mass is 16.5. The molecule has 0 bridgehead atoms. The van der Waals surface area contributed by atoms with Crippen LogP contribution < -0.4 is 20.8 Å². The van der Waals surface area contributed by atoms with Crippen LogP contribution in [0.1, 0.15) is 25.0 Å². The number of carbonyl (C=O) groups excluding carboxylic acids is 3. The minimum absolute atomic E-state index is 0.152. The molecular formula is C22H26N4O4. The number of carbonyl (C=O) groups is 3. The first-order valence-corrected chi connectivity index (χ1v) is 9.54. The monoisotopic (exact) mass is 410 g/mol. The molecule has 0 atom stereocenters. The van der Waals surface area contributed by atoms with Crippen molar-refractivity contribution < 1.29 is 19.1 Å². The molecule has 3 N–H and O–H groups in total. The summed E-state index contributed by atoms with van der Waals surface area (Å²) in [7, 11) is 0. The summed E-state index contributed by atoms with van der Waals surface area (Å²) in [6.07, 6.45) is 1.38. The van der Waals surface area contributed by atoms with Gasteiger partial charge in [-0.1, -0.05) is 43.7 Å². The van der Waals surface area contributed by atoms with Crippen molar-refractivity contribution in [2.45, 2.75) is 20.8 Å². The van der Waals surface area contributed by atoms with E-state index in [9.17, 15) is 14.4 Å². The smallest absolute Gasteiger partial charge is 0.329 e. The van der Waals surface area contributed by atoms with Crippen LogP contribution in [-0.4, -0.2) is 37.1 Å². The number of hydrogen-bond donors (Lipinski definition) is 3. The Balaban J connectivity index is 1.81. The first kappa shape index (κ1) is 22.6. The SMILES string of the molecule is Cc1ccc(NC(=O)COc2cccc(/C=N\NC(=O)C(=O)NCC(C)C)c2)cc1. The molecule has 3 amide bonds. The maximum Gasteiger partial charge on any atom is 0.329 e. The summed E-state index contributed by atoms with van der Waals surface area (Å²) in [5.41, 5.74) is 4.61. The summed E-state index contributed by atoms with van der Waals surface area (Å²) in [6, 6.07) is 14.3. The highest BCUT2D eigenvalue weighted by molar-refractivity contribution is 6.35. The van der Waals surface area contributed by atoms with Gasteiger partial charge in [0, 0.05) is 12.2 Å². The van der Waals surface area contributed by atoms with Crippen molar-refractivity contribution in [1.82, 2.24) is 10.7 Å². The summed E-state index contributed by atoms with van der Waals surface area (Å²) < 4.78 is 5.50. The van der Waals surface area contributed by atoms with Crippen LogP contribution in [0.3, 0.4) is 0 Å². The topological polar surface area (TPSA) is 109 Å². The Hall–Kier alpha value is -3.68. The van der Waals surface area contributed by atoms with Crippen LogP contribution in [0.15, 0.2) is 53.6 Å². The molecule has 0 aromatic heterocycles. The van der Waals surface area contributed by atoms with Crippen LogP contribution in [0.2, 0.25) is 0 Å². The van der Waals surface area contributed by atoms with Gasteiger partial charge in [-0.25, -0.2) is 5.43 Å². The van der Waals surface area contributed by atoms with Crippen LogP contribution >= 0.6 is 0 Å². The Bertz CT molecular complexity index is 908. The van der Waals surface area contributed by atoms with Gasteiger partial charge < -0.3 is 15.4 Å². The standard InChI is InChI=1S/C22H26N4O4/c1-15(2)12-23-21(28)22(29)26-24-13-17-5-4-6-19(11-17)30-14-20(27)25-18-9-7-16(3)8-10-18/h4-11,13,15H,12,14H2,1-3H3,(H,23,28)(H,25,27)(H,26,29)/b24-13-. The molecule has 0 radical (unpaired) electrons. The lowest BCUT2D eigenvalue weighted by atomic mass is 10.2. The molecule has 2 aromatic rings. The van der Waals surface area contributed by atoms with Gasteiger partial charge in [-0.15, -0.1) is 0 Å². The van der Waals surface area contributed by atoms with Crippen molar-refractivity contribution in [2.75, 3.05) is 18.5 Å². The maximum absolute atomic E-state index is 12.0. The second-order valence-corrected chi connectivity index (χ2v) is 7.08. The lowest BCUT2D eigenvalue weighted by Crippen LogP contribution is -2.39. The Kier molecular flexibility index (Phi) is 8.56. The van der Waals surface area contributed by atoms with Crippen LogP contribution in [0.5, 0.6) is 5.75 Å². The molecule has 0 saturated heterocycles. The number of nitrogens with zero attached hydrogens (tertiary/aromatic N) is 1. The van der Waals surface area contributed by atoms with E-state index in [1.54, 1.807) is 24.3 Å². The first-order chi connectivity index (χ1) is 14.3. The van der Waals surface area contributed by atoms with Crippen LogP contribution in [0.4, 0.5) is 5.69 Å². The van der Waals surface area contributed by atoms with Crippen LogP contribution in [0.25, 0.3) is 0 Å². The fourth-order valence-corrected chi connectivity index (χ4v) is 2.26. The molecule has 0 aliphatic rings. The number of benzene rings is 2. The van der Waals surface area contributed by atoms with Gasteiger partial charge in [0.15, 0.2) is 6.61 Å². The molecule has 158 valence electrons. The number of hydrogen-bond acceptors (Lipinski definition) is 5. The largest absolute Gasteiger partial charge is 0.484 e. The maximum atomic E-state index is 12.0. The van der Waals surface area contributed by atoms with E-state index < -0.39 is 11.8 Å². The van der Waals surface area contributed by atoms with E-state index in [0.717, 1.165) is 5.56 Å². The van der Waals surface area contributed by atoms with E-state index in [2.05, 4.69) is 21.2 Å². The predicted octanol–water partition coefficient (Wildman–Crippen LogP) is 2.23. The van der Waals surface area contributed by atoms with Gasteiger partial charge in [0.25, 0.3) is 5.91 Å². The third-order valence-corrected chi connectivity index (χ3v) is 3.82. The highest BCUT2D eigenvalue weighted by Crippen LogP contribution is 2.13. The number of anilines is 1. The summed E-state index contributed by atoms with van der Waals surface area (Å²) in [5, 5.41) is 9.03. The van der Waals surface area contributed by atoms with Gasteiger partial charge in [0.05, 0.1) is 6.21 Å². The lowest BCUT2D eigenvalue weighted by molar-refractivity contribution is -0.139. The number of hydrazone groups is 1. The van der Waals surface area contributed by atoms with Crippen molar-refractivity contribution >= 4 is 29.6 Å². The molecule has 0 unspecified atom stereocenters. The summed E-state index contributed by atoms with van der Waals surface area (Å²) in [6.45, 7) is 6.08. The van der Waals surface area contributed by atoms with Gasteiger partial charge >= 0.3 is 11.8 Å². The fourth-order valence-electron chi connectivity index (χ4n) is 2.26. The molecule has 0 aliphatic carbocycles. The Morgan fingerprint density at radius 3 is 2.50 bits per heavy atom. The quantitative estimate of drug-likeness (QED) is 0.352. The Morgan fingerprint density at radius 2 is 1.80 bits per heavy atom. The predicted molar refractivity (Wildman–Crippen MR) is 115 cm³/mol. The molecule has 2 rings (SSSR count). The third-order valence-electron chi connectivity index (χ3n) is 3.82. The van der Waals surface area contributed by atoms with E-state index in [1.165, 1.54) is 6.21 Å². The number of rotatable bonds is 8. The first-order valence-electron chi connectivity index (χ1n) is 9.54. The Morgan fingerprint density at radius 1 is 1.07 bits per heavy atom. The van der Waals surface area contributed by atoms with Crippen molar-refractivity contribution in [2.24, 2.45) is 11.0 Å². The number of nitrogens with one attached hydrogen (secondary N) is 3. The second kappa shape index (κ2) is 11.4. The van der Waals surface area contributed by atoms with Gasteiger partial charge in [-0.05, 0) is 42.7 Å². The van der Waals surface area contributed by atoms with Gasteiger partial charge in [0.2, 0.25) is 0 Å². The van der Waals surface area contributed by atoms with E-state index in [4.69, 9.17) is 4.74 Å². The summed E-state index contributed by atoms with van der Waals surface area (Å²) in [4.78, 5) is 35.3. The van der Waals surface area contributed by atoms with Crippen molar-refractivity contribution in [1.29, 1.82) is 0 Å². The molecule has 8 heteroatoms. The average Bonchev–Trinajstić information content (AvgIpc) is 2.72. The molecular weight excluding hydrogens is 384 g/mol. The minimum atomic E-state index is -0.841. The highest BCUT2D eigenvalue weighted by Gasteiger charge is 2.12. The van der Waals surface area contributed by atoms with Gasteiger partial charge in [-0.3, -0.25) is 14.4 Å². The molecule has 0 fully saturated rings. The number of aryl methyl sites for hydroxylation is 1. The molecule has 2 aromatic carbocycles. The van der Waals surface area contributed by atoms with E-state index in [0.29, 0.717) is 23.5 Å².